The van der Waals surface area contributed by atoms with Crippen molar-refractivity contribution in [1.82, 2.24) is 9.97 Å². The van der Waals surface area contributed by atoms with Crippen LogP contribution in [0.4, 0.5) is 17.3 Å². The van der Waals surface area contributed by atoms with Crippen LogP contribution in [0.15, 0.2) is 29.0 Å². The van der Waals surface area contributed by atoms with Gasteiger partial charge in [0, 0.05) is 4.47 Å². The summed E-state index contributed by atoms with van der Waals surface area (Å²) < 4.78 is 0.891. The van der Waals surface area contributed by atoms with E-state index in [-0.39, 0.29) is 10.8 Å². The van der Waals surface area contributed by atoms with Gasteiger partial charge in [-0.1, -0.05) is 39.1 Å². The fourth-order valence-corrected chi connectivity index (χ4v) is 1.86. The van der Waals surface area contributed by atoms with Gasteiger partial charge in [0.2, 0.25) is 0 Å². The minimum Gasteiger partial charge on any atom is -0.382 e. The maximum Gasteiger partial charge on any atom is 0.154 e. The number of anilines is 3. The molecule has 1 heterocycles. The van der Waals surface area contributed by atoms with Crippen LogP contribution in [0, 0.1) is 0 Å². The second-order valence-electron chi connectivity index (χ2n) is 3.17. The summed E-state index contributed by atoms with van der Waals surface area (Å²) in [6.45, 7) is 0. The number of nitrogens with two attached hydrogens (primary N) is 1. The van der Waals surface area contributed by atoms with Gasteiger partial charge in [-0.2, -0.15) is 0 Å². The van der Waals surface area contributed by atoms with Crippen molar-refractivity contribution in [2.45, 2.75) is 0 Å². The van der Waals surface area contributed by atoms with Crippen LogP contribution in [0.3, 0.4) is 0 Å². The van der Waals surface area contributed by atoms with E-state index in [1.165, 1.54) is 6.33 Å². The highest BCUT2D eigenvalue weighted by Crippen LogP contribution is 2.31. The molecule has 0 aliphatic carbocycles. The van der Waals surface area contributed by atoms with Crippen LogP contribution in [-0.4, -0.2) is 9.97 Å². The predicted octanol–water partition coefficient (Wildman–Crippen LogP) is 3.87. The fraction of sp³-hybridized carbons (Fsp3) is 0. The summed E-state index contributed by atoms with van der Waals surface area (Å²) in [6.07, 6.45) is 1.33. The highest BCUT2D eigenvalue weighted by Gasteiger charge is 2.08. The van der Waals surface area contributed by atoms with Crippen molar-refractivity contribution in [2.75, 3.05) is 11.1 Å². The molecule has 2 aromatic rings. The van der Waals surface area contributed by atoms with E-state index < -0.39 is 0 Å². The van der Waals surface area contributed by atoms with Crippen molar-refractivity contribution in [3.8, 4) is 0 Å². The first-order chi connectivity index (χ1) is 8.08. The molecular formula is C10H7BrCl2N4. The first kappa shape index (κ1) is 12.4. The molecule has 0 saturated carbocycles. The SMILES string of the molecule is Nc1ncnc(Nc2cc(Br)ccc2Cl)c1Cl. The summed E-state index contributed by atoms with van der Waals surface area (Å²) in [6, 6.07) is 5.41. The summed E-state index contributed by atoms with van der Waals surface area (Å²) in [5.41, 5.74) is 6.26. The molecule has 0 saturated heterocycles. The van der Waals surface area contributed by atoms with E-state index in [4.69, 9.17) is 28.9 Å². The van der Waals surface area contributed by atoms with Gasteiger partial charge in [-0.25, -0.2) is 9.97 Å². The molecule has 0 aliphatic rings. The highest BCUT2D eigenvalue weighted by molar-refractivity contribution is 9.10. The van der Waals surface area contributed by atoms with Gasteiger partial charge in [-0.15, -0.1) is 0 Å². The predicted molar refractivity (Wildman–Crippen MR) is 73.9 cm³/mol. The molecule has 0 bridgehead atoms. The molecule has 1 aromatic heterocycles. The molecule has 0 unspecified atom stereocenters. The van der Waals surface area contributed by atoms with Crippen molar-refractivity contribution in [2.24, 2.45) is 0 Å². The third-order valence-corrected chi connectivity index (χ3v) is 3.19. The third-order valence-electron chi connectivity index (χ3n) is 2.00. The summed E-state index contributed by atoms with van der Waals surface area (Å²) in [5.74, 6) is 0.634. The zero-order valence-electron chi connectivity index (χ0n) is 8.42. The second kappa shape index (κ2) is 5.08. The summed E-state index contributed by atoms with van der Waals surface area (Å²) >= 11 is 15.4. The largest absolute Gasteiger partial charge is 0.382 e. The molecule has 0 fully saturated rings. The molecule has 0 radical (unpaired) electrons. The Kier molecular flexibility index (Phi) is 3.71. The van der Waals surface area contributed by atoms with Crippen LogP contribution >= 0.6 is 39.1 Å². The Morgan fingerprint density at radius 2 is 2.00 bits per heavy atom. The maximum atomic E-state index is 6.04. The van der Waals surface area contributed by atoms with Gasteiger partial charge in [-0.05, 0) is 18.2 Å². The lowest BCUT2D eigenvalue weighted by atomic mass is 10.3. The number of nitrogen functional groups attached to an aromatic ring is 1. The van der Waals surface area contributed by atoms with E-state index in [9.17, 15) is 0 Å². The van der Waals surface area contributed by atoms with E-state index in [1.54, 1.807) is 6.07 Å². The van der Waals surface area contributed by atoms with E-state index in [1.807, 2.05) is 12.1 Å². The first-order valence-corrected chi connectivity index (χ1v) is 6.11. The van der Waals surface area contributed by atoms with Gasteiger partial charge in [0.25, 0.3) is 0 Å². The molecule has 0 atom stereocenters. The minimum atomic E-state index is 0.218. The average Bonchev–Trinajstić information content (AvgIpc) is 2.30. The average molecular weight is 334 g/mol. The van der Waals surface area contributed by atoms with Crippen molar-refractivity contribution in [3.63, 3.8) is 0 Å². The Hall–Kier alpha value is -1.04. The molecule has 4 nitrogen and oxygen atoms in total. The van der Waals surface area contributed by atoms with Gasteiger partial charge in [0.05, 0.1) is 10.7 Å². The normalized spacial score (nSPS) is 10.3. The van der Waals surface area contributed by atoms with Gasteiger partial charge >= 0.3 is 0 Å². The third kappa shape index (κ3) is 2.80. The lowest BCUT2D eigenvalue weighted by Crippen LogP contribution is -2.00. The Morgan fingerprint density at radius 1 is 1.24 bits per heavy atom. The van der Waals surface area contributed by atoms with Crippen LogP contribution in [0.1, 0.15) is 0 Å². The van der Waals surface area contributed by atoms with Gasteiger partial charge in [0.1, 0.15) is 17.2 Å². The molecule has 7 heteroatoms. The zero-order chi connectivity index (χ0) is 12.4. The summed E-state index contributed by atoms with van der Waals surface area (Å²) in [5, 5.41) is 3.82. The first-order valence-electron chi connectivity index (χ1n) is 4.56. The molecular weight excluding hydrogens is 327 g/mol. The van der Waals surface area contributed by atoms with E-state index >= 15 is 0 Å². The lowest BCUT2D eigenvalue weighted by molar-refractivity contribution is 1.18. The number of hydrogen-bond acceptors (Lipinski definition) is 4. The van der Waals surface area contributed by atoms with Crippen molar-refractivity contribution in [3.05, 3.63) is 39.0 Å². The zero-order valence-corrected chi connectivity index (χ0v) is 11.5. The Balaban J connectivity index is 2.38. The van der Waals surface area contributed by atoms with E-state index in [0.717, 1.165) is 4.47 Å². The number of halogens is 3. The molecule has 3 N–H and O–H groups in total. The number of hydrogen-bond donors (Lipinski definition) is 2. The van der Waals surface area contributed by atoms with Gasteiger partial charge in [-0.3, -0.25) is 0 Å². The number of rotatable bonds is 2. The molecule has 17 heavy (non-hydrogen) atoms. The molecule has 1 aromatic carbocycles. The molecule has 88 valence electrons. The Bertz CT molecular complexity index is 562. The van der Waals surface area contributed by atoms with Crippen molar-refractivity contribution >= 4 is 56.5 Å². The maximum absolute atomic E-state index is 6.04. The molecule has 0 spiro atoms. The monoisotopic (exact) mass is 332 g/mol. The summed E-state index contributed by atoms with van der Waals surface area (Å²) in [4.78, 5) is 7.77. The van der Waals surface area contributed by atoms with Crippen LogP contribution < -0.4 is 11.1 Å². The van der Waals surface area contributed by atoms with Crippen molar-refractivity contribution < 1.29 is 0 Å². The van der Waals surface area contributed by atoms with Crippen LogP contribution in [0.25, 0.3) is 0 Å². The lowest BCUT2D eigenvalue weighted by Gasteiger charge is -2.09. The highest BCUT2D eigenvalue weighted by atomic mass is 79.9. The van der Waals surface area contributed by atoms with E-state index in [0.29, 0.717) is 16.5 Å². The fourth-order valence-electron chi connectivity index (χ4n) is 1.19. The molecule has 0 aliphatic heterocycles. The Morgan fingerprint density at radius 3 is 2.76 bits per heavy atom. The van der Waals surface area contributed by atoms with Crippen LogP contribution in [0.5, 0.6) is 0 Å². The van der Waals surface area contributed by atoms with Crippen LogP contribution in [0.2, 0.25) is 10.0 Å². The standard InChI is InChI=1S/C10H7BrCl2N4/c11-5-1-2-6(12)7(3-5)17-10-8(13)9(14)15-4-16-10/h1-4H,(H3,14,15,16,17). The topological polar surface area (TPSA) is 63.8 Å². The molecule has 2 rings (SSSR count). The van der Waals surface area contributed by atoms with E-state index in [2.05, 4.69) is 31.2 Å². The number of aromatic nitrogens is 2. The number of nitrogens with one attached hydrogen (secondary N) is 1. The summed E-state index contributed by atoms with van der Waals surface area (Å²) in [7, 11) is 0. The minimum absolute atomic E-state index is 0.218. The van der Waals surface area contributed by atoms with Gasteiger partial charge in [0.15, 0.2) is 5.82 Å². The number of nitrogens with zero attached hydrogens (tertiary/aromatic N) is 2. The van der Waals surface area contributed by atoms with Gasteiger partial charge < -0.3 is 11.1 Å². The smallest absolute Gasteiger partial charge is 0.154 e. The number of benzene rings is 1. The van der Waals surface area contributed by atoms with Crippen molar-refractivity contribution in [1.29, 1.82) is 0 Å². The molecule has 0 amide bonds. The van der Waals surface area contributed by atoms with Crippen LogP contribution in [-0.2, 0) is 0 Å². The quantitative estimate of drug-likeness (QED) is 0.875. The Labute approximate surface area is 116 Å². The second-order valence-corrected chi connectivity index (χ2v) is 4.87.